The van der Waals surface area contributed by atoms with Gasteiger partial charge in [-0.15, -0.1) is 0 Å². The fourth-order valence-corrected chi connectivity index (χ4v) is 2.52. The molecule has 0 aliphatic heterocycles. The first kappa shape index (κ1) is 15.7. The lowest BCUT2D eigenvalue weighted by Gasteiger charge is -2.15. The highest BCUT2D eigenvalue weighted by atomic mass is 35.5. The molecule has 0 saturated heterocycles. The second-order valence-corrected chi connectivity index (χ2v) is 6.35. The Bertz CT molecular complexity index is 812. The Morgan fingerprint density at radius 2 is 2.09 bits per heavy atom. The Morgan fingerprint density at radius 3 is 2.74 bits per heavy atom. The highest BCUT2D eigenvalue weighted by Crippen LogP contribution is 2.38. The van der Waals surface area contributed by atoms with Crippen LogP contribution >= 0.6 is 11.6 Å². The number of carbonyl (C=O) groups excluding carboxylic acids is 1. The van der Waals surface area contributed by atoms with Crippen LogP contribution in [0.3, 0.4) is 0 Å². The quantitative estimate of drug-likeness (QED) is 0.935. The topological polar surface area (TPSA) is 64.0 Å². The van der Waals surface area contributed by atoms with E-state index in [0.717, 1.165) is 24.1 Å². The summed E-state index contributed by atoms with van der Waals surface area (Å²) in [4.78, 5) is 24.4. The highest BCUT2D eigenvalue weighted by Gasteiger charge is 2.27. The minimum absolute atomic E-state index is 0.279. The van der Waals surface area contributed by atoms with Crippen LogP contribution in [0.2, 0.25) is 5.02 Å². The number of carbonyl (C=O) groups is 1. The molecule has 1 amide bonds. The maximum absolute atomic E-state index is 12.4. The van der Waals surface area contributed by atoms with Crippen molar-refractivity contribution in [1.82, 2.24) is 9.78 Å². The average Bonchev–Trinajstić information content (AvgIpc) is 3.35. The first-order valence-electron chi connectivity index (χ1n) is 7.62. The predicted octanol–water partition coefficient (Wildman–Crippen LogP) is 3.28. The van der Waals surface area contributed by atoms with Crippen LogP contribution in [0, 0.1) is 6.92 Å². The minimum atomic E-state index is -0.693. The zero-order chi connectivity index (χ0) is 16.6. The summed E-state index contributed by atoms with van der Waals surface area (Å²) in [7, 11) is 0. The van der Waals surface area contributed by atoms with Gasteiger partial charge in [0.2, 0.25) is 5.91 Å². The lowest BCUT2D eigenvalue weighted by Crippen LogP contribution is -2.33. The molecule has 0 spiro atoms. The zero-order valence-corrected chi connectivity index (χ0v) is 13.8. The van der Waals surface area contributed by atoms with Gasteiger partial charge in [-0.1, -0.05) is 17.7 Å². The Hall–Kier alpha value is -2.14. The second kappa shape index (κ2) is 6.16. The molecule has 0 radical (unpaired) electrons. The average molecular weight is 332 g/mol. The van der Waals surface area contributed by atoms with Gasteiger partial charge in [0.15, 0.2) is 0 Å². The van der Waals surface area contributed by atoms with E-state index >= 15 is 0 Å². The summed E-state index contributed by atoms with van der Waals surface area (Å²) in [5.41, 5.74) is 2.14. The number of aromatic nitrogens is 2. The number of aryl methyl sites for hydroxylation is 1. The maximum atomic E-state index is 12.4. The summed E-state index contributed by atoms with van der Waals surface area (Å²) >= 11 is 6.06. The molecule has 1 aromatic carbocycles. The van der Waals surface area contributed by atoms with Gasteiger partial charge in [0.25, 0.3) is 5.56 Å². The third-order valence-corrected chi connectivity index (χ3v) is 4.43. The number of amides is 1. The van der Waals surface area contributed by atoms with Crippen LogP contribution in [-0.4, -0.2) is 15.7 Å². The highest BCUT2D eigenvalue weighted by molar-refractivity contribution is 6.31. The van der Waals surface area contributed by atoms with E-state index in [1.807, 2.05) is 13.0 Å². The van der Waals surface area contributed by atoms with Crippen molar-refractivity contribution in [3.8, 4) is 0 Å². The number of benzene rings is 1. The van der Waals surface area contributed by atoms with Crippen molar-refractivity contribution in [2.75, 3.05) is 5.32 Å². The molecule has 1 aromatic heterocycles. The maximum Gasteiger partial charge on any atom is 0.267 e. The molecule has 1 aliphatic rings. The summed E-state index contributed by atoms with van der Waals surface area (Å²) in [5.74, 6) is 0.125. The van der Waals surface area contributed by atoms with Gasteiger partial charge in [-0.25, -0.2) is 4.68 Å². The largest absolute Gasteiger partial charge is 0.324 e. The van der Waals surface area contributed by atoms with Gasteiger partial charge in [0.05, 0.1) is 5.69 Å². The molecule has 3 rings (SSSR count). The van der Waals surface area contributed by atoms with Crippen molar-refractivity contribution >= 4 is 23.2 Å². The number of hydrogen-bond acceptors (Lipinski definition) is 3. The summed E-state index contributed by atoms with van der Waals surface area (Å²) < 4.78 is 1.25. The van der Waals surface area contributed by atoms with E-state index in [1.54, 1.807) is 25.1 Å². The number of anilines is 1. The number of halogens is 1. The van der Waals surface area contributed by atoms with E-state index in [0.29, 0.717) is 16.6 Å². The van der Waals surface area contributed by atoms with Crippen molar-refractivity contribution in [2.45, 2.75) is 38.6 Å². The SMILES string of the molecule is Cc1ccc(NC(=O)C(C)n2nc(C3CC3)ccc2=O)cc1Cl. The molecule has 1 saturated carbocycles. The van der Waals surface area contributed by atoms with Crippen LogP contribution in [0.25, 0.3) is 0 Å². The number of nitrogens with zero attached hydrogens (tertiary/aromatic N) is 2. The molecule has 2 aromatic rings. The van der Waals surface area contributed by atoms with E-state index < -0.39 is 6.04 Å². The number of hydrogen-bond donors (Lipinski definition) is 1. The van der Waals surface area contributed by atoms with Crippen molar-refractivity contribution in [2.24, 2.45) is 0 Å². The molecule has 1 atom stereocenters. The molecule has 1 unspecified atom stereocenters. The zero-order valence-electron chi connectivity index (χ0n) is 13.0. The van der Waals surface area contributed by atoms with Gasteiger partial charge in [-0.3, -0.25) is 9.59 Å². The van der Waals surface area contributed by atoms with E-state index in [4.69, 9.17) is 11.6 Å². The third kappa shape index (κ3) is 3.45. The van der Waals surface area contributed by atoms with Gasteiger partial charge in [-0.05, 0) is 50.5 Å². The van der Waals surface area contributed by atoms with Crippen molar-refractivity contribution in [3.63, 3.8) is 0 Å². The summed E-state index contributed by atoms with van der Waals surface area (Å²) in [6.07, 6.45) is 2.18. The van der Waals surface area contributed by atoms with Crippen molar-refractivity contribution in [3.05, 3.63) is 57.0 Å². The van der Waals surface area contributed by atoms with Crippen LogP contribution in [-0.2, 0) is 4.79 Å². The molecule has 5 nitrogen and oxygen atoms in total. The molecular weight excluding hydrogens is 314 g/mol. The molecular formula is C17H18ClN3O2. The molecule has 0 bridgehead atoms. The molecule has 1 N–H and O–H groups in total. The lowest BCUT2D eigenvalue weighted by molar-refractivity contribution is -0.119. The number of nitrogens with one attached hydrogen (secondary N) is 1. The van der Waals surface area contributed by atoms with Crippen LogP contribution in [0.1, 0.15) is 43.0 Å². The Balaban J connectivity index is 1.80. The molecule has 6 heteroatoms. The first-order chi connectivity index (χ1) is 11.0. The fraction of sp³-hybridized carbons (Fsp3) is 0.353. The molecule has 23 heavy (non-hydrogen) atoms. The second-order valence-electron chi connectivity index (χ2n) is 5.94. The van der Waals surface area contributed by atoms with E-state index in [9.17, 15) is 9.59 Å². The molecule has 1 fully saturated rings. The minimum Gasteiger partial charge on any atom is -0.324 e. The smallest absolute Gasteiger partial charge is 0.267 e. The summed E-state index contributed by atoms with van der Waals surface area (Å²) in [6, 6.07) is 7.84. The van der Waals surface area contributed by atoms with Gasteiger partial charge in [0, 0.05) is 22.7 Å². The monoisotopic (exact) mass is 331 g/mol. The normalized spacial score (nSPS) is 15.3. The Labute approximate surface area is 139 Å². The Morgan fingerprint density at radius 1 is 1.35 bits per heavy atom. The molecule has 120 valence electrons. The van der Waals surface area contributed by atoms with Crippen molar-refractivity contribution in [1.29, 1.82) is 0 Å². The van der Waals surface area contributed by atoms with E-state index in [-0.39, 0.29) is 11.5 Å². The first-order valence-corrected chi connectivity index (χ1v) is 8.00. The third-order valence-electron chi connectivity index (χ3n) is 4.03. The lowest BCUT2D eigenvalue weighted by atomic mass is 10.2. The van der Waals surface area contributed by atoms with E-state index in [1.165, 1.54) is 10.7 Å². The van der Waals surface area contributed by atoms with Crippen molar-refractivity contribution < 1.29 is 4.79 Å². The van der Waals surface area contributed by atoms with Gasteiger partial charge >= 0.3 is 0 Å². The molecule has 1 heterocycles. The Kier molecular flexibility index (Phi) is 4.22. The summed E-state index contributed by atoms with van der Waals surface area (Å²) in [6.45, 7) is 3.56. The van der Waals surface area contributed by atoms with Gasteiger partial charge in [0.1, 0.15) is 6.04 Å². The number of rotatable bonds is 4. The predicted molar refractivity (Wildman–Crippen MR) is 90.0 cm³/mol. The summed E-state index contributed by atoms with van der Waals surface area (Å²) in [5, 5.41) is 7.71. The van der Waals surface area contributed by atoms with Crippen LogP contribution in [0.15, 0.2) is 35.1 Å². The fourth-order valence-electron chi connectivity index (χ4n) is 2.34. The molecule has 1 aliphatic carbocycles. The van der Waals surface area contributed by atoms with Crippen LogP contribution in [0.4, 0.5) is 5.69 Å². The van der Waals surface area contributed by atoms with Crippen LogP contribution in [0.5, 0.6) is 0 Å². The van der Waals surface area contributed by atoms with Crippen LogP contribution < -0.4 is 10.9 Å². The van der Waals surface area contributed by atoms with E-state index in [2.05, 4.69) is 10.4 Å². The van der Waals surface area contributed by atoms with Gasteiger partial charge < -0.3 is 5.32 Å². The van der Waals surface area contributed by atoms with Gasteiger partial charge in [-0.2, -0.15) is 5.10 Å². The standard InChI is InChI=1S/C17H18ClN3O2/c1-10-3-6-13(9-14(10)18)19-17(23)11(2)21-16(22)8-7-15(20-21)12-4-5-12/h3,6-9,11-12H,4-5H2,1-2H3,(H,19,23).